The summed E-state index contributed by atoms with van der Waals surface area (Å²) in [5.41, 5.74) is 2.01. The molecule has 3 unspecified atom stereocenters. The van der Waals surface area contributed by atoms with E-state index in [0.29, 0.717) is 17.9 Å². The Balaban J connectivity index is 1.91. The smallest absolute Gasteiger partial charge is 0.219 e. The summed E-state index contributed by atoms with van der Waals surface area (Å²) in [6, 6.07) is 0. The van der Waals surface area contributed by atoms with E-state index in [4.69, 9.17) is 0 Å². The Labute approximate surface area is 117 Å². The minimum absolute atomic E-state index is 0.175. The van der Waals surface area contributed by atoms with Gasteiger partial charge in [0.05, 0.1) is 0 Å². The van der Waals surface area contributed by atoms with Gasteiger partial charge in [-0.15, -0.1) is 6.58 Å². The Morgan fingerprint density at radius 2 is 2.37 bits per heavy atom. The summed E-state index contributed by atoms with van der Waals surface area (Å²) in [7, 11) is 0. The molecule has 0 heterocycles. The van der Waals surface area contributed by atoms with E-state index in [1.165, 1.54) is 25.7 Å². The van der Waals surface area contributed by atoms with Crippen molar-refractivity contribution < 1.29 is 4.79 Å². The van der Waals surface area contributed by atoms with Crippen LogP contribution in [-0.2, 0) is 4.79 Å². The van der Waals surface area contributed by atoms with E-state index in [-0.39, 0.29) is 5.91 Å². The van der Waals surface area contributed by atoms with Gasteiger partial charge in [-0.25, -0.2) is 0 Å². The van der Waals surface area contributed by atoms with E-state index in [1.807, 2.05) is 11.0 Å². The Kier molecular flexibility index (Phi) is 4.17. The number of hydrogen-bond donors (Lipinski definition) is 0. The maximum atomic E-state index is 11.6. The van der Waals surface area contributed by atoms with Crippen LogP contribution in [0.1, 0.15) is 46.5 Å². The minimum atomic E-state index is 0.175. The zero-order valence-corrected chi connectivity index (χ0v) is 12.6. The highest BCUT2D eigenvalue weighted by Gasteiger charge is 2.54. The van der Waals surface area contributed by atoms with Crippen LogP contribution in [0.4, 0.5) is 0 Å². The third kappa shape index (κ3) is 3.10. The first-order chi connectivity index (χ1) is 8.97. The quantitative estimate of drug-likeness (QED) is 0.689. The molecule has 0 aromatic rings. The van der Waals surface area contributed by atoms with Crippen LogP contribution in [0, 0.1) is 17.3 Å². The van der Waals surface area contributed by atoms with Crippen molar-refractivity contribution in [3.05, 3.63) is 24.3 Å². The van der Waals surface area contributed by atoms with Gasteiger partial charge < -0.3 is 4.90 Å². The highest BCUT2D eigenvalue weighted by molar-refractivity contribution is 5.73. The van der Waals surface area contributed by atoms with Crippen molar-refractivity contribution in [1.82, 2.24) is 4.90 Å². The van der Waals surface area contributed by atoms with Crippen molar-refractivity contribution in [3.8, 4) is 0 Å². The van der Waals surface area contributed by atoms with Crippen LogP contribution in [0.25, 0.3) is 0 Å². The molecule has 2 aliphatic carbocycles. The van der Waals surface area contributed by atoms with Crippen LogP contribution in [0.5, 0.6) is 0 Å². The van der Waals surface area contributed by atoms with Crippen LogP contribution in [0.15, 0.2) is 24.3 Å². The van der Waals surface area contributed by atoms with Gasteiger partial charge in [-0.3, -0.25) is 4.79 Å². The average molecular weight is 261 g/mol. The zero-order valence-electron chi connectivity index (χ0n) is 12.6. The van der Waals surface area contributed by atoms with Gasteiger partial charge in [0, 0.05) is 20.0 Å². The fourth-order valence-corrected chi connectivity index (χ4v) is 3.56. The van der Waals surface area contributed by atoms with E-state index in [9.17, 15) is 4.79 Å². The molecule has 0 saturated heterocycles. The number of carbonyl (C=O) groups is 1. The summed E-state index contributed by atoms with van der Waals surface area (Å²) < 4.78 is 0. The van der Waals surface area contributed by atoms with Gasteiger partial charge in [-0.1, -0.05) is 24.6 Å². The van der Waals surface area contributed by atoms with E-state index >= 15 is 0 Å². The molecule has 1 saturated carbocycles. The van der Waals surface area contributed by atoms with Crippen molar-refractivity contribution in [3.63, 3.8) is 0 Å². The molecule has 0 spiro atoms. The molecule has 106 valence electrons. The molecule has 0 aromatic heterocycles. The number of amides is 1. The van der Waals surface area contributed by atoms with E-state index < -0.39 is 0 Å². The zero-order chi connectivity index (χ0) is 14.0. The van der Waals surface area contributed by atoms with Crippen molar-refractivity contribution in [2.24, 2.45) is 17.3 Å². The fraction of sp³-hybridized carbons (Fsp3) is 0.706. The summed E-state index contributed by atoms with van der Waals surface area (Å²) in [5.74, 6) is 1.68. The van der Waals surface area contributed by atoms with E-state index in [2.05, 4.69) is 26.5 Å². The molecule has 2 aliphatic rings. The first kappa shape index (κ1) is 14.4. The van der Waals surface area contributed by atoms with E-state index in [1.54, 1.807) is 12.5 Å². The van der Waals surface area contributed by atoms with Crippen molar-refractivity contribution in [2.45, 2.75) is 46.5 Å². The lowest BCUT2D eigenvalue weighted by molar-refractivity contribution is -0.128. The molecule has 3 atom stereocenters. The van der Waals surface area contributed by atoms with Crippen molar-refractivity contribution in [2.75, 3.05) is 13.1 Å². The largest absolute Gasteiger partial charge is 0.339 e. The number of carbonyl (C=O) groups excluding carboxylic acids is 1. The summed E-state index contributed by atoms with van der Waals surface area (Å²) >= 11 is 0. The first-order valence-corrected chi connectivity index (χ1v) is 7.49. The molecular weight excluding hydrogens is 234 g/mol. The molecule has 0 bridgehead atoms. The second kappa shape index (κ2) is 5.52. The van der Waals surface area contributed by atoms with Crippen LogP contribution >= 0.6 is 0 Å². The molecule has 1 amide bonds. The van der Waals surface area contributed by atoms with Gasteiger partial charge in [0.2, 0.25) is 5.91 Å². The van der Waals surface area contributed by atoms with Crippen LogP contribution in [0.2, 0.25) is 0 Å². The number of nitrogens with zero attached hydrogens (tertiary/aromatic N) is 1. The standard InChI is InChI=1S/C17H27NO/c1-5-10-18(14(3)19)12-16-11-17(16,4)15-8-6-13(2)7-9-15/h5-6,15-16H,1,7-12H2,2-4H3. The minimum Gasteiger partial charge on any atom is -0.339 e. The molecule has 0 radical (unpaired) electrons. The maximum absolute atomic E-state index is 11.6. The lowest BCUT2D eigenvalue weighted by atomic mass is 9.78. The van der Waals surface area contributed by atoms with Gasteiger partial charge in [0.1, 0.15) is 0 Å². The molecule has 19 heavy (non-hydrogen) atoms. The van der Waals surface area contributed by atoms with Gasteiger partial charge in [-0.05, 0) is 49.9 Å². The molecule has 2 rings (SSSR count). The predicted molar refractivity (Wildman–Crippen MR) is 79.8 cm³/mol. The normalized spacial score (nSPS) is 33.5. The average Bonchev–Trinajstić information content (AvgIpc) is 3.01. The van der Waals surface area contributed by atoms with Gasteiger partial charge in [0.25, 0.3) is 0 Å². The summed E-state index contributed by atoms with van der Waals surface area (Å²) in [6.07, 6.45) is 9.36. The number of hydrogen-bond acceptors (Lipinski definition) is 1. The topological polar surface area (TPSA) is 20.3 Å². The predicted octanol–water partition coefficient (Wildman–Crippen LogP) is 3.79. The number of rotatable bonds is 5. The monoisotopic (exact) mass is 261 g/mol. The lowest BCUT2D eigenvalue weighted by Gasteiger charge is -2.29. The van der Waals surface area contributed by atoms with Gasteiger partial charge in [0.15, 0.2) is 0 Å². The van der Waals surface area contributed by atoms with Crippen molar-refractivity contribution >= 4 is 5.91 Å². The highest BCUT2D eigenvalue weighted by Crippen LogP contribution is 2.60. The third-order valence-electron chi connectivity index (χ3n) is 5.26. The molecule has 2 heteroatoms. The maximum Gasteiger partial charge on any atom is 0.219 e. The molecular formula is C17H27NO. The van der Waals surface area contributed by atoms with Crippen molar-refractivity contribution in [1.29, 1.82) is 0 Å². The molecule has 2 nitrogen and oxygen atoms in total. The van der Waals surface area contributed by atoms with Gasteiger partial charge >= 0.3 is 0 Å². The molecule has 0 N–H and O–H groups in total. The third-order valence-corrected chi connectivity index (χ3v) is 5.26. The van der Waals surface area contributed by atoms with Crippen LogP contribution in [-0.4, -0.2) is 23.9 Å². The molecule has 0 aliphatic heterocycles. The Hall–Kier alpha value is -1.05. The summed E-state index contributed by atoms with van der Waals surface area (Å²) in [4.78, 5) is 13.5. The first-order valence-electron chi connectivity index (χ1n) is 7.49. The lowest BCUT2D eigenvalue weighted by Crippen LogP contribution is -2.32. The molecule has 0 aromatic carbocycles. The van der Waals surface area contributed by atoms with Crippen LogP contribution < -0.4 is 0 Å². The summed E-state index contributed by atoms with van der Waals surface area (Å²) in [5, 5.41) is 0. The second-order valence-corrected chi connectivity index (χ2v) is 6.64. The second-order valence-electron chi connectivity index (χ2n) is 6.64. The van der Waals surface area contributed by atoms with Crippen LogP contribution in [0.3, 0.4) is 0 Å². The number of allylic oxidation sites excluding steroid dienone is 2. The Bertz CT molecular complexity index is 398. The van der Waals surface area contributed by atoms with Gasteiger partial charge in [-0.2, -0.15) is 0 Å². The Morgan fingerprint density at radius 3 is 2.89 bits per heavy atom. The van der Waals surface area contributed by atoms with E-state index in [0.717, 1.165) is 12.5 Å². The highest BCUT2D eigenvalue weighted by atomic mass is 16.2. The SMILES string of the molecule is C=CCN(CC1CC1(C)C1CC=C(C)CC1)C(C)=O. The summed E-state index contributed by atoms with van der Waals surface area (Å²) in [6.45, 7) is 11.7. The fourth-order valence-electron chi connectivity index (χ4n) is 3.56. The molecule has 1 fully saturated rings. The Morgan fingerprint density at radius 1 is 1.63 bits per heavy atom.